The molecule has 0 bridgehead atoms. The van der Waals surface area contributed by atoms with E-state index >= 15 is 0 Å². The predicted molar refractivity (Wildman–Crippen MR) is 87.1 cm³/mol. The summed E-state index contributed by atoms with van der Waals surface area (Å²) in [6, 6.07) is 8.75. The van der Waals surface area contributed by atoms with E-state index in [1.54, 1.807) is 0 Å². The van der Waals surface area contributed by atoms with Gasteiger partial charge in [0.25, 0.3) is 0 Å². The summed E-state index contributed by atoms with van der Waals surface area (Å²) in [6.07, 6.45) is 3.91. The highest BCUT2D eigenvalue weighted by Gasteiger charge is 2.25. The van der Waals surface area contributed by atoms with E-state index < -0.39 is 0 Å². The standard InChI is InChI=1S/C17H24BrNO/c1-12(2)9-16(11-18)19-17(20)15-8-7-13-5-3-4-6-14(13)10-15/h3-6,12,15-16H,7-11H2,1-2H3,(H,19,20). The van der Waals surface area contributed by atoms with Crippen molar-refractivity contribution in [2.24, 2.45) is 11.8 Å². The third kappa shape index (κ3) is 4.08. The van der Waals surface area contributed by atoms with E-state index in [1.165, 1.54) is 11.1 Å². The van der Waals surface area contributed by atoms with E-state index in [9.17, 15) is 4.79 Å². The van der Waals surface area contributed by atoms with Crippen LogP contribution in [0.25, 0.3) is 0 Å². The van der Waals surface area contributed by atoms with Crippen molar-refractivity contribution >= 4 is 21.8 Å². The fourth-order valence-corrected chi connectivity index (χ4v) is 3.40. The molecule has 1 aromatic carbocycles. The Morgan fingerprint density at radius 3 is 2.70 bits per heavy atom. The van der Waals surface area contributed by atoms with Gasteiger partial charge in [-0.1, -0.05) is 54.0 Å². The molecule has 0 heterocycles. The van der Waals surface area contributed by atoms with E-state index in [0.29, 0.717) is 5.92 Å². The second-order valence-corrected chi connectivity index (χ2v) is 6.85. The Hall–Kier alpha value is -0.830. The molecule has 0 aliphatic heterocycles. The summed E-state index contributed by atoms with van der Waals surface area (Å²) in [7, 11) is 0. The molecule has 2 rings (SSSR count). The summed E-state index contributed by atoms with van der Waals surface area (Å²) in [4.78, 5) is 12.4. The van der Waals surface area contributed by atoms with Crippen LogP contribution >= 0.6 is 15.9 Å². The van der Waals surface area contributed by atoms with Crippen molar-refractivity contribution < 1.29 is 4.79 Å². The predicted octanol–water partition coefficient (Wildman–Crippen LogP) is 3.72. The summed E-state index contributed by atoms with van der Waals surface area (Å²) in [6.45, 7) is 4.39. The van der Waals surface area contributed by atoms with Gasteiger partial charge in [0.05, 0.1) is 0 Å². The number of alkyl halides is 1. The molecule has 2 atom stereocenters. The molecule has 0 spiro atoms. The Kier molecular flexibility index (Phi) is 5.64. The van der Waals surface area contributed by atoms with Gasteiger partial charge in [-0.3, -0.25) is 4.79 Å². The van der Waals surface area contributed by atoms with E-state index in [0.717, 1.165) is 31.0 Å². The maximum absolute atomic E-state index is 12.4. The summed E-state index contributed by atoms with van der Waals surface area (Å²) >= 11 is 3.51. The van der Waals surface area contributed by atoms with Gasteiger partial charge in [0.2, 0.25) is 5.91 Å². The Labute approximate surface area is 130 Å². The minimum absolute atomic E-state index is 0.138. The van der Waals surface area contributed by atoms with Crippen molar-refractivity contribution in [3.05, 3.63) is 35.4 Å². The average Bonchev–Trinajstić information content (AvgIpc) is 2.45. The van der Waals surface area contributed by atoms with Crippen LogP contribution in [0.15, 0.2) is 24.3 Å². The number of halogens is 1. The topological polar surface area (TPSA) is 29.1 Å². The molecule has 0 saturated carbocycles. The first kappa shape index (κ1) is 15.6. The molecule has 3 heteroatoms. The van der Waals surface area contributed by atoms with Crippen LogP contribution in [-0.2, 0) is 17.6 Å². The first-order chi connectivity index (χ1) is 9.60. The fraction of sp³-hybridized carbons (Fsp3) is 0.588. The van der Waals surface area contributed by atoms with Crippen molar-refractivity contribution in [2.75, 3.05) is 5.33 Å². The Bertz CT molecular complexity index is 458. The average molecular weight is 338 g/mol. The van der Waals surface area contributed by atoms with Gasteiger partial charge in [-0.15, -0.1) is 0 Å². The molecule has 2 unspecified atom stereocenters. The van der Waals surface area contributed by atoms with E-state index in [1.807, 2.05) is 0 Å². The van der Waals surface area contributed by atoms with Crippen molar-refractivity contribution in [3.8, 4) is 0 Å². The van der Waals surface area contributed by atoms with Gasteiger partial charge in [-0.05, 0) is 42.7 Å². The number of nitrogens with one attached hydrogen (secondary N) is 1. The summed E-state index contributed by atoms with van der Waals surface area (Å²) < 4.78 is 0. The lowest BCUT2D eigenvalue weighted by atomic mass is 9.83. The molecule has 20 heavy (non-hydrogen) atoms. The van der Waals surface area contributed by atoms with Crippen molar-refractivity contribution in [2.45, 2.75) is 45.6 Å². The highest BCUT2D eigenvalue weighted by Crippen LogP contribution is 2.25. The van der Waals surface area contributed by atoms with E-state index in [2.05, 4.69) is 59.4 Å². The molecule has 1 amide bonds. The van der Waals surface area contributed by atoms with E-state index in [4.69, 9.17) is 0 Å². The molecule has 1 N–H and O–H groups in total. The van der Waals surface area contributed by atoms with Crippen LogP contribution in [0.4, 0.5) is 0 Å². The minimum atomic E-state index is 0.138. The Morgan fingerprint density at radius 1 is 1.35 bits per heavy atom. The monoisotopic (exact) mass is 337 g/mol. The molecular weight excluding hydrogens is 314 g/mol. The van der Waals surface area contributed by atoms with Gasteiger partial charge in [0.15, 0.2) is 0 Å². The van der Waals surface area contributed by atoms with Crippen LogP contribution in [0.2, 0.25) is 0 Å². The number of amides is 1. The lowest BCUT2D eigenvalue weighted by Crippen LogP contribution is -2.42. The second-order valence-electron chi connectivity index (χ2n) is 6.20. The molecule has 0 saturated heterocycles. The SMILES string of the molecule is CC(C)CC(CBr)NC(=O)C1CCc2ccccc2C1. The van der Waals surface area contributed by atoms with Crippen LogP contribution in [0.5, 0.6) is 0 Å². The molecule has 1 aliphatic rings. The maximum atomic E-state index is 12.4. The number of rotatable bonds is 5. The summed E-state index contributed by atoms with van der Waals surface area (Å²) in [5.74, 6) is 0.966. The molecule has 2 nitrogen and oxygen atoms in total. The van der Waals surface area contributed by atoms with Crippen LogP contribution in [0.3, 0.4) is 0 Å². The Balaban J connectivity index is 1.94. The van der Waals surface area contributed by atoms with Crippen LogP contribution in [0.1, 0.15) is 37.8 Å². The summed E-state index contributed by atoms with van der Waals surface area (Å²) in [5.41, 5.74) is 2.76. The first-order valence-electron chi connectivity index (χ1n) is 7.53. The van der Waals surface area contributed by atoms with Gasteiger partial charge >= 0.3 is 0 Å². The molecule has 1 aromatic rings. The first-order valence-corrected chi connectivity index (χ1v) is 8.65. The molecular formula is C17H24BrNO. The van der Waals surface area contributed by atoms with Crippen molar-refractivity contribution in [1.29, 1.82) is 0 Å². The number of aryl methyl sites for hydroxylation is 1. The number of hydrogen-bond acceptors (Lipinski definition) is 1. The highest BCUT2D eigenvalue weighted by molar-refractivity contribution is 9.09. The lowest BCUT2D eigenvalue weighted by Gasteiger charge is -2.26. The number of carbonyl (C=O) groups excluding carboxylic acids is 1. The maximum Gasteiger partial charge on any atom is 0.223 e. The van der Waals surface area contributed by atoms with Crippen LogP contribution < -0.4 is 5.32 Å². The van der Waals surface area contributed by atoms with Crippen molar-refractivity contribution in [3.63, 3.8) is 0 Å². The van der Waals surface area contributed by atoms with Gasteiger partial charge in [-0.2, -0.15) is 0 Å². The van der Waals surface area contributed by atoms with Gasteiger partial charge < -0.3 is 5.32 Å². The molecule has 1 aliphatic carbocycles. The zero-order chi connectivity index (χ0) is 14.5. The fourth-order valence-electron chi connectivity index (χ4n) is 2.97. The Morgan fingerprint density at radius 2 is 2.05 bits per heavy atom. The van der Waals surface area contributed by atoms with Gasteiger partial charge in [0.1, 0.15) is 0 Å². The smallest absolute Gasteiger partial charge is 0.223 e. The normalized spacial score (nSPS) is 19.5. The number of benzene rings is 1. The minimum Gasteiger partial charge on any atom is -0.352 e. The second kappa shape index (κ2) is 7.26. The van der Waals surface area contributed by atoms with E-state index in [-0.39, 0.29) is 17.9 Å². The zero-order valence-corrected chi connectivity index (χ0v) is 13.9. The zero-order valence-electron chi connectivity index (χ0n) is 12.4. The molecule has 110 valence electrons. The van der Waals surface area contributed by atoms with Crippen LogP contribution in [0, 0.1) is 11.8 Å². The molecule has 0 aromatic heterocycles. The largest absolute Gasteiger partial charge is 0.352 e. The lowest BCUT2D eigenvalue weighted by molar-refractivity contribution is -0.126. The molecule has 0 radical (unpaired) electrons. The third-order valence-electron chi connectivity index (χ3n) is 4.01. The van der Waals surface area contributed by atoms with Crippen LogP contribution in [-0.4, -0.2) is 17.3 Å². The quantitative estimate of drug-likeness (QED) is 0.815. The number of carbonyl (C=O) groups is 1. The summed E-state index contributed by atoms with van der Waals surface area (Å²) in [5, 5.41) is 4.05. The third-order valence-corrected chi connectivity index (χ3v) is 4.79. The van der Waals surface area contributed by atoms with Gasteiger partial charge in [0, 0.05) is 17.3 Å². The molecule has 0 fully saturated rings. The van der Waals surface area contributed by atoms with Gasteiger partial charge in [-0.25, -0.2) is 0 Å². The van der Waals surface area contributed by atoms with Crippen molar-refractivity contribution in [1.82, 2.24) is 5.32 Å². The highest BCUT2D eigenvalue weighted by atomic mass is 79.9. The number of hydrogen-bond donors (Lipinski definition) is 1. The number of fused-ring (bicyclic) bond motifs is 1.